The Bertz CT molecular complexity index is 519. The van der Waals surface area contributed by atoms with Crippen molar-refractivity contribution in [1.82, 2.24) is 15.1 Å². The summed E-state index contributed by atoms with van der Waals surface area (Å²) in [5.74, 6) is -0.0497. The number of amides is 1. The topological polar surface area (TPSA) is 94.2 Å². The molecule has 0 bridgehead atoms. The van der Waals surface area contributed by atoms with Crippen molar-refractivity contribution >= 4 is 11.6 Å². The van der Waals surface area contributed by atoms with Gasteiger partial charge in [0.2, 0.25) is 0 Å². The summed E-state index contributed by atoms with van der Waals surface area (Å²) in [6.45, 7) is 6.36. The molecule has 23 heavy (non-hydrogen) atoms. The van der Waals surface area contributed by atoms with Crippen LogP contribution in [-0.4, -0.2) is 72.5 Å². The second-order valence-corrected chi connectivity index (χ2v) is 6.92. The molecule has 2 rings (SSSR count). The maximum Gasteiger partial charge on any atom is 0.273 e. The molecule has 2 heterocycles. The lowest BCUT2D eigenvalue weighted by Gasteiger charge is -2.41. The van der Waals surface area contributed by atoms with E-state index in [-0.39, 0.29) is 17.5 Å². The van der Waals surface area contributed by atoms with Crippen molar-refractivity contribution in [3.8, 4) is 0 Å². The highest BCUT2D eigenvalue weighted by atomic mass is 16.3. The number of piperidine rings is 1. The van der Waals surface area contributed by atoms with Crippen molar-refractivity contribution in [1.29, 1.82) is 0 Å². The van der Waals surface area contributed by atoms with E-state index in [2.05, 4.69) is 15.2 Å². The number of nitrogens with two attached hydrogens (primary N) is 1. The average molecular weight is 323 g/mol. The van der Waals surface area contributed by atoms with Gasteiger partial charge in [-0.05, 0) is 25.8 Å². The minimum absolute atomic E-state index is 0.179. The predicted molar refractivity (Wildman–Crippen MR) is 90.8 cm³/mol. The van der Waals surface area contributed by atoms with Gasteiger partial charge >= 0.3 is 0 Å². The first-order valence-electron chi connectivity index (χ1n) is 8.18. The van der Waals surface area contributed by atoms with E-state index in [4.69, 9.17) is 5.73 Å². The summed E-state index contributed by atoms with van der Waals surface area (Å²) in [4.78, 5) is 20.6. The monoisotopic (exact) mass is 323 g/mol. The summed E-state index contributed by atoms with van der Waals surface area (Å²) in [5.41, 5.74) is 6.83. The summed E-state index contributed by atoms with van der Waals surface area (Å²) >= 11 is 0. The fourth-order valence-electron chi connectivity index (χ4n) is 3.18. The molecule has 0 aliphatic carbocycles. The van der Waals surface area contributed by atoms with E-state index in [0.29, 0.717) is 31.8 Å². The predicted octanol–water partition coefficient (Wildman–Crippen LogP) is -0.270. The summed E-state index contributed by atoms with van der Waals surface area (Å²) in [6, 6.07) is 0. The van der Waals surface area contributed by atoms with E-state index in [1.165, 1.54) is 0 Å². The number of β-amino-alcohol motifs (C(OH)–C–C–N with tert-alkyl or cyclic N) is 1. The molecule has 0 aromatic carbocycles. The molecule has 0 aromatic rings. The van der Waals surface area contributed by atoms with Crippen LogP contribution in [0.5, 0.6) is 0 Å². The van der Waals surface area contributed by atoms with Crippen molar-refractivity contribution in [3.05, 3.63) is 11.4 Å². The number of allylic oxidation sites excluding steroid dienone is 1. The van der Waals surface area contributed by atoms with Gasteiger partial charge in [0.1, 0.15) is 5.70 Å². The van der Waals surface area contributed by atoms with Crippen molar-refractivity contribution in [2.75, 3.05) is 40.4 Å². The zero-order valence-corrected chi connectivity index (χ0v) is 14.6. The molecule has 4 N–H and O–H groups in total. The zero-order valence-electron chi connectivity index (χ0n) is 14.6. The Labute approximate surface area is 138 Å². The number of aliphatic hydroxyl groups is 1. The molecule has 7 nitrogen and oxygen atoms in total. The number of likely N-dealkylation sites (tertiary alicyclic amines) is 1. The molecule has 0 saturated carbocycles. The van der Waals surface area contributed by atoms with Crippen LogP contribution in [-0.2, 0) is 4.79 Å². The van der Waals surface area contributed by atoms with Crippen LogP contribution >= 0.6 is 0 Å². The Balaban J connectivity index is 2.11. The molecule has 1 amide bonds. The SMILES string of the molecule is CN=C(C1=C(N)C(=O)N(CC2(O)CCN(C)CC2)CN1)C(C)C. The van der Waals surface area contributed by atoms with Gasteiger partial charge in [-0.2, -0.15) is 0 Å². The quantitative estimate of drug-likeness (QED) is 0.619. The van der Waals surface area contributed by atoms with Crippen molar-refractivity contribution in [2.24, 2.45) is 16.6 Å². The van der Waals surface area contributed by atoms with E-state index in [9.17, 15) is 9.90 Å². The van der Waals surface area contributed by atoms with Gasteiger partial charge in [0.25, 0.3) is 5.91 Å². The molecule has 0 radical (unpaired) electrons. The normalized spacial score (nSPS) is 23.5. The number of hydrogen-bond donors (Lipinski definition) is 3. The Morgan fingerprint density at radius 2 is 2.04 bits per heavy atom. The maximum absolute atomic E-state index is 12.6. The molecule has 1 saturated heterocycles. The van der Waals surface area contributed by atoms with E-state index < -0.39 is 5.60 Å². The molecular weight excluding hydrogens is 294 g/mol. The Hall–Kier alpha value is -1.60. The molecule has 0 atom stereocenters. The third-order valence-electron chi connectivity index (χ3n) is 4.68. The highest BCUT2D eigenvalue weighted by Crippen LogP contribution is 2.24. The molecular formula is C16H29N5O2. The van der Waals surface area contributed by atoms with Gasteiger partial charge in [-0.1, -0.05) is 13.8 Å². The van der Waals surface area contributed by atoms with Crippen LogP contribution in [0.3, 0.4) is 0 Å². The first-order chi connectivity index (χ1) is 10.8. The second-order valence-electron chi connectivity index (χ2n) is 6.92. The van der Waals surface area contributed by atoms with Gasteiger partial charge in [0.05, 0.1) is 30.2 Å². The summed E-state index contributed by atoms with van der Waals surface area (Å²) in [6.07, 6.45) is 1.33. The minimum atomic E-state index is -0.832. The number of nitrogens with zero attached hydrogens (tertiary/aromatic N) is 3. The molecule has 2 aliphatic rings. The highest BCUT2D eigenvalue weighted by Gasteiger charge is 2.37. The summed E-state index contributed by atoms with van der Waals surface area (Å²) in [7, 11) is 3.74. The maximum atomic E-state index is 12.6. The Morgan fingerprint density at radius 1 is 1.43 bits per heavy atom. The molecule has 7 heteroatoms. The number of aliphatic imine (C=N–C) groups is 1. The van der Waals surface area contributed by atoms with Gasteiger partial charge in [0.15, 0.2) is 0 Å². The van der Waals surface area contributed by atoms with Gasteiger partial charge < -0.3 is 26.0 Å². The van der Waals surface area contributed by atoms with Gasteiger partial charge in [-0.3, -0.25) is 9.79 Å². The average Bonchev–Trinajstić information content (AvgIpc) is 2.50. The highest BCUT2D eigenvalue weighted by molar-refractivity contribution is 6.08. The smallest absolute Gasteiger partial charge is 0.273 e. The van der Waals surface area contributed by atoms with E-state index in [0.717, 1.165) is 18.8 Å². The molecule has 1 fully saturated rings. The standard InChI is InChI=1S/C16H29N5O2/c1-11(2)13(18-3)14-12(17)15(22)21(10-19-14)9-16(23)5-7-20(4)8-6-16/h11,19,23H,5-10,17H2,1-4H3. The van der Waals surface area contributed by atoms with Crippen molar-refractivity contribution < 1.29 is 9.90 Å². The van der Waals surface area contributed by atoms with E-state index in [1.807, 2.05) is 20.9 Å². The van der Waals surface area contributed by atoms with Crippen LogP contribution in [0.1, 0.15) is 26.7 Å². The fourth-order valence-corrected chi connectivity index (χ4v) is 3.18. The lowest BCUT2D eigenvalue weighted by Crippen LogP contribution is -2.56. The van der Waals surface area contributed by atoms with Crippen LogP contribution in [0.25, 0.3) is 0 Å². The molecule has 0 unspecified atom stereocenters. The van der Waals surface area contributed by atoms with Gasteiger partial charge in [0, 0.05) is 20.1 Å². The minimum Gasteiger partial charge on any atom is -0.393 e. The van der Waals surface area contributed by atoms with Gasteiger partial charge in [-0.15, -0.1) is 0 Å². The number of nitrogens with one attached hydrogen (secondary N) is 1. The number of carbonyl (C=O) groups is 1. The second kappa shape index (κ2) is 6.88. The lowest BCUT2D eigenvalue weighted by atomic mass is 9.90. The van der Waals surface area contributed by atoms with E-state index >= 15 is 0 Å². The summed E-state index contributed by atoms with van der Waals surface area (Å²) in [5, 5.41) is 13.9. The Kier molecular flexibility index (Phi) is 5.31. The molecule has 0 aromatic heterocycles. The molecule has 0 spiro atoms. The first kappa shape index (κ1) is 17.7. The Morgan fingerprint density at radius 3 is 2.57 bits per heavy atom. The molecule has 2 aliphatic heterocycles. The van der Waals surface area contributed by atoms with Crippen LogP contribution in [0.15, 0.2) is 16.4 Å². The van der Waals surface area contributed by atoms with Crippen LogP contribution in [0.2, 0.25) is 0 Å². The fraction of sp³-hybridized carbons (Fsp3) is 0.750. The van der Waals surface area contributed by atoms with Crippen LogP contribution < -0.4 is 11.1 Å². The van der Waals surface area contributed by atoms with Crippen molar-refractivity contribution in [3.63, 3.8) is 0 Å². The lowest BCUT2D eigenvalue weighted by molar-refractivity contribution is -0.133. The van der Waals surface area contributed by atoms with Gasteiger partial charge in [-0.25, -0.2) is 0 Å². The summed E-state index contributed by atoms with van der Waals surface area (Å²) < 4.78 is 0. The third-order valence-corrected chi connectivity index (χ3v) is 4.68. The van der Waals surface area contributed by atoms with E-state index in [1.54, 1.807) is 11.9 Å². The van der Waals surface area contributed by atoms with Crippen LogP contribution in [0, 0.1) is 5.92 Å². The number of hydrogen-bond acceptors (Lipinski definition) is 6. The largest absolute Gasteiger partial charge is 0.393 e. The molecule has 130 valence electrons. The first-order valence-corrected chi connectivity index (χ1v) is 8.18. The van der Waals surface area contributed by atoms with Crippen molar-refractivity contribution in [2.45, 2.75) is 32.3 Å². The third kappa shape index (κ3) is 3.84. The number of carbonyl (C=O) groups excluding carboxylic acids is 1. The number of rotatable bonds is 4. The van der Waals surface area contributed by atoms with Crippen LogP contribution in [0.4, 0.5) is 0 Å². The zero-order chi connectivity index (χ0) is 17.2.